The van der Waals surface area contributed by atoms with Crippen LogP contribution in [0.5, 0.6) is 11.5 Å². The number of hydrogen-bond donors (Lipinski definition) is 3. The Morgan fingerprint density at radius 1 is 1.17 bits per heavy atom. The van der Waals surface area contributed by atoms with Crippen LogP contribution in [0.2, 0.25) is 0 Å². The van der Waals surface area contributed by atoms with E-state index in [9.17, 15) is 0 Å². The van der Waals surface area contributed by atoms with Gasteiger partial charge in [0.05, 0.1) is 0 Å². The van der Waals surface area contributed by atoms with Crippen LogP contribution >= 0.6 is 0 Å². The topological polar surface area (TPSA) is 95.0 Å². The molecule has 0 aliphatic rings. The van der Waals surface area contributed by atoms with Crippen LogP contribution in [0, 0.1) is 0 Å². The minimum absolute atomic E-state index is 0. The molecule has 0 saturated carbocycles. The van der Waals surface area contributed by atoms with Gasteiger partial charge < -0.3 is 15.9 Å². The molecule has 0 aliphatic heterocycles. The Bertz CT molecular complexity index is 250. The first-order chi connectivity index (χ1) is 5.24. The zero-order chi connectivity index (χ0) is 8.27. The maximum atomic E-state index is 9.04. The van der Waals surface area contributed by atoms with E-state index in [1.165, 1.54) is 12.1 Å². The summed E-state index contributed by atoms with van der Waals surface area (Å²) in [5, 5.41) is 18.0. The zero-order valence-electron chi connectivity index (χ0n) is 6.53. The minimum Gasteiger partial charge on any atom is -0.504 e. The van der Waals surface area contributed by atoms with Crippen molar-refractivity contribution < 1.29 is 15.7 Å². The Balaban J connectivity index is 0.00000121. The predicted octanol–water partition coefficient (Wildman–Crippen LogP) is 0.480. The van der Waals surface area contributed by atoms with Crippen molar-refractivity contribution in [3.05, 3.63) is 23.8 Å². The lowest BCUT2D eigenvalue weighted by Gasteiger charge is -2.00. The largest absolute Gasteiger partial charge is 0.504 e. The van der Waals surface area contributed by atoms with Gasteiger partial charge in [-0.15, -0.1) is 0 Å². The van der Waals surface area contributed by atoms with E-state index in [0.717, 1.165) is 5.56 Å². The van der Waals surface area contributed by atoms with Crippen LogP contribution in [-0.4, -0.2) is 16.8 Å². The zero-order valence-corrected chi connectivity index (χ0v) is 6.53. The van der Waals surface area contributed by atoms with E-state index in [1.807, 2.05) is 0 Å². The molecule has 66 valence electrons. The van der Waals surface area contributed by atoms with E-state index in [0.29, 0.717) is 13.0 Å². The van der Waals surface area contributed by atoms with Crippen LogP contribution < -0.4 is 5.73 Å². The monoisotopic (exact) mass is 169 g/mol. The van der Waals surface area contributed by atoms with E-state index in [-0.39, 0.29) is 17.0 Å². The Labute approximate surface area is 70.6 Å². The molecule has 0 spiro atoms. The van der Waals surface area contributed by atoms with Gasteiger partial charge in [0.1, 0.15) is 0 Å². The number of hydrogen-bond acceptors (Lipinski definition) is 3. The molecular weight excluding hydrogens is 158 g/mol. The van der Waals surface area contributed by atoms with Crippen molar-refractivity contribution in [3.8, 4) is 11.5 Å². The molecule has 4 N–H and O–H groups in total. The van der Waals surface area contributed by atoms with Crippen molar-refractivity contribution >= 4 is 0 Å². The molecule has 0 fully saturated rings. The van der Waals surface area contributed by atoms with Crippen molar-refractivity contribution in [3.63, 3.8) is 0 Å². The van der Waals surface area contributed by atoms with Crippen LogP contribution in [0.3, 0.4) is 0 Å². The molecule has 0 saturated heterocycles. The van der Waals surface area contributed by atoms with Crippen LogP contribution in [-0.2, 0) is 11.9 Å². The summed E-state index contributed by atoms with van der Waals surface area (Å²) in [4.78, 5) is 0. The van der Waals surface area contributed by atoms with E-state index in [2.05, 4.69) is 0 Å². The maximum Gasteiger partial charge on any atom is 0.157 e. The smallest absolute Gasteiger partial charge is 0.157 e. The standard InChI is InChI=1S/C8H11NO2.O/c9-4-3-6-1-2-7(10)8(11)5-6;/h1-2,5,10-11H,3-4,9H2;. The molecule has 0 unspecified atom stereocenters. The van der Waals surface area contributed by atoms with Crippen molar-refractivity contribution in [1.29, 1.82) is 0 Å². The molecule has 0 amide bonds. The molecule has 1 aromatic rings. The number of benzene rings is 1. The summed E-state index contributed by atoms with van der Waals surface area (Å²) in [6.45, 7) is 0.546. The first kappa shape index (κ1) is 10.7. The first-order valence-corrected chi connectivity index (χ1v) is 3.45. The highest BCUT2D eigenvalue weighted by molar-refractivity contribution is 5.40. The summed E-state index contributed by atoms with van der Waals surface area (Å²) >= 11 is 0. The highest BCUT2D eigenvalue weighted by Gasteiger charge is 1.98. The second-order valence-corrected chi connectivity index (χ2v) is 2.36. The molecule has 0 aromatic heterocycles. The second kappa shape index (κ2) is 4.58. The van der Waals surface area contributed by atoms with Crippen LogP contribution in [0.15, 0.2) is 18.2 Å². The van der Waals surface area contributed by atoms with Gasteiger partial charge in [-0.3, -0.25) is 0 Å². The summed E-state index contributed by atoms with van der Waals surface area (Å²) in [6.07, 6.45) is 0.716. The lowest BCUT2D eigenvalue weighted by molar-refractivity contribution is 0.403. The Hall–Kier alpha value is -1.26. The molecule has 1 rings (SSSR count). The molecule has 4 heteroatoms. The number of nitrogens with two attached hydrogens (primary N) is 1. The molecule has 0 atom stereocenters. The highest BCUT2D eigenvalue weighted by Crippen LogP contribution is 2.24. The molecule has 0 bridgehead atoms. The number of phenols is 2. The summed E-state index contributed by atoms with van der Waals surface area (Å²) in [5.41, 5.74) is 6.24. The second-order valence-electron chi connectivity index (χ2n) is 2.36. The van der Waals surface area contributed by atoms with E-state index < -0.39 is 0 Å². The predicted molar refractivity (Wildman–Crippen MR) is 43.2 cm³/mol. The van der Waals surface area contributed by atoms with Crippen LogP contribution in [0.4, 0.5) is 0 Å². The summed E-state index contributed by atoms with van der Waals surface area (Å²) in [7, 11) is 0. The fraction of sp³-hybridized carbons (Fsp3) is 0.250. The fourth-order valence-corrected chi connectivity index (χ4v) is 0.891. The van der Waals surface area contributed by atoms with Crippen molar-refractivity contribution in [2.75, 3.05) is 6.54 Å². The normalized spacial score (nSPS) is 9.08. The van der Waals surface area contributed by atoms with E-state index in [4.69, 9.17) is 15.9 Å². The molecule has 0 aliphatic carbocycles. The molecule has 1 aromatic carbocycles. The Morgan fingerprint density at radius 3 is 2.33 bits per heavy atom. The number of aromatic hydroxyl groups is 2. The fourth-order valence-electron chi connectivity index (χ4n) is 0.891. The SMILES string of the molecule is NCCc1ccc(O)c(O)c1.[O]. The Kier molecular flexibility index (Phi) is 4.10. The molecule has 12 heavy (non-hydrogen) atoms. The van der Waals surface area contributed by atoms with Crippen molar-refractivity contribution in [2.24, 2.45) is 5.73 Å². The maximum absolute atomic E-state index is 9.04. The van der Waals surface area contributed by atoms with Gasteiger partial charge >= 0.3 is 0 Å². The van der Waals surface area contributed by atoms with E-state index in [1.54, 1.807) is 6.07 Å². The lowest BCUT2D eigenvalue weighted by atomic mass is 10.1. The molecular formula is C8H11NO3. The third-order valence-electron chi connectivity index (χ3n) is 1.47. The minimum atomic E-state index is -0.0919. The summed E-state index contributed by atoms with van der Waals surface area (Å²) in [5.74, 6) is -0.179. The van der Waals surface area contributed by atoms with Gasteiger partial charge in [0, 0.05) is 5.48 Å². The van der Waals surface area contributed by atoms with Gasteiger partial charge in [0.15, 0.2) is 11.5 Å². The van der Waals surface area contributed by atoms with Crippen molar-refractivity contribution in [2.45, 2.75) is 6.42 Å². The van der Waals surface area contributed by atoms with Gasteiger partial charge in [-0.2, -0.15) is 0 Å². The van der Waals surface area contributed by atoms with Gasteiger partial charge in [-0.25, -0.2) is 0 Å². The molecule has 4 nitrogen and oxygen atoms in total. The van der Waals surface area contributed by atoms with Gasteiger partial charge in [-0.1, -0.05) is 6.07 Å². The van der Waals surface area contributed by atoms with Crippen molar-refractivity contribution in [1.82, 2.24) is 0 Å². The van der Waals surface area contributed by atoms with Crippen LogP contribution in [0.25, 0.3) is 0 Å². The molecule has 2 radical (unpaired) electrons. The van der Waals surface area contributed by atoms with Gasteiger partial charge in [0.25, 0.3) is 0 Å². The van der Waals surface area contributed by atoms with Gasteiger partial charge in [0.2, 0.25) is 0 Å². The average molecular weight is 169 g/mol. The Morgan fingerprint density at radius 2 is 1.83 bits per heavy atom. The lowest BCUT2D eigenvalue weighted by Crippen LogP contribution is -2.02. The number of phenolic OH excluding ortho intramolecular Hbond substituents is 2. The first-order valence-electron chi connectivity index (χ1n) is 3.45. The van der Waals surface area contributed by atoms with E-state index >= 15 is 0 Å². The highest BCUT2D eigenvalue weighted by atomic mass is 16.3. The third kappa shape index (κ3) is 2.41. The summed E-state index contributed by atoms with van der Waals surface area (Å²) in [6, 6.07) is 4.71. The van der Waals surface area contributed by atoms with Gasteiger partial charge in [-0.05, 0) is 30.7 Å². The quantitative estimate of drug-likeness (QED) is 0.562. The third-order valence-corrected chi connectivity index (χ3v) is 1.47. The summed E-state index contributed by atoms with van der Waals surface area (Å²) < 4.78 is 0. The average Bonchev–Trinajstić information content (AvgIpc) is 1.98. The van der Waals surface area contributed by atoms with Crippen LogP contribution in [0.1, 0.15) is 5.56 Å². The number of rotatable bonds is 2. The molecule has 0 heterocycles.